The van der Waals surface area contributed by atoms with E-state index in [4.69, 9.17) is 18.9 Å². The van der Waals surface area contributed by atoms with Crippen LogP contribution in [0.5, 0.6) is 11.5 Å². The van der Waals surface area contributed by atoms with Crippen molar-refractivity contribution in [2.45, 2.75) is 45.6 Å². The van der Waals surface area contributed by atoms with Crippen LogP contribution in [0.25, 0.3) is 0 Å². The number of fused-ring (bicyclic) bond motifs is 1. The van der Waals surface area contributed by atoms with E-state index in [1.807, 2.05) is 6.92 Å². The van der Waals surface area contributed by atoms with Gasteiger partial charge in [0.15, 0.2) is 11.5 Å². The molecule has 0 bridgehead atoms. The quantitative estimate of drug-likeness (QED) is 0.240. The van der Waals surface area contributed by atoms with Crippen LogP contribution >= 0.6 is 0 Å². The molecule has 1 fully saturated rings. The van der Waals surface area contributed by atoms with Crippen molar-refractivity contribution in [1.82, 2.24) is 10.0 Å². The molecule has 0 radical (unpaired) electrons. The summed E-state index contributed by atoms with van der Waals surface area (Å²) in [6.45, 7) is 3.49. The van der Waals surface area contributed by atoms with E-state index in [1.54, 1.807) is 6.92 Å². The number of esters is 1. The second-order valence-corrected chi connectivity index (χ2v) is 7.81. The molecule has 0 unspecified atom stereocenters. The molecule has 2 aliphatic rings. The molecular formula is C21H27N3O10. The first-order valence-electron chi connectivity index (χ1n) is 11.0. The standard InChI is InChI=1S/C21H27N3O10/c1-3-5-6-32-21(28)23-15(14(9-19(25)31-4-2)11-22(23)20(26)27)7-13-8-17-18(34-12-33-17)10-16(13)24(29)30/h8,10,14-15H,3-7,9,11-12H2,1-2H3,(H,26,27)/t14-,15+/m0/s1. The van der Waals surface area contributed by atoms with Gasteiger partial charge in [-0.2, -0.15) is 0 Å². The maximum Gasteiger partial charge on any atom is 0.429 e. The van der Waals surface area contributed by atoms with E-state index in [2.05, 4.69) is 0 Å². The Labute approximate surface area is 195 Å². The van der Waals surface area contributed by atoms with Crippen LogP contribution in [0, 0.1) is 16.0 Å². The summed E-state index contributed by atoms with van der Waals surface area (Å²) < 4.78 is 20.8. The van der Waals surface area contributed by atoms with Crippen molar-refractivity contribution in [2.24, 2.45) is 5.92 Å². The molecule has 13 nitrogen and oxygen atoms in total. The van der Waals surface area contributed by atoms with Gasteiger partial charge >= 0.3 is 18.2 Å². The second kappa shape index (κ2) is 10.9. The van der Waals surface area contributed by atoms with Gasteiger partial charge in [-0.3, -0.25) is 14.9 Å². The van der Waals surface area contributed by atoms with E-state index in [0.29, 0.717) is 12.2 Å². The van der Waals surface area contributed by atoms with Crippen LogP contribution in [-0.4, -0.2) is 70.8 Å². The van der Waals surface area contributed by atoms with Gasteiger partial charge in [0.1, 0.15) is 0 Å². The zero-order chi connectivity index (χ0) is 24.8. The maximum absolute atomic E-state index is 12.9. The monoisotopic (exact) mass is 481 g/mol. The predicted octanol–water partition coefficient (Wildman–Crippen LogP) is 2.95. The van der Waals surface area contributed by atoms with Crippen LogP contribution in [0.15, 0.2) is 12.1 Å². The third-order valence-corrected chi connectivity index (χ3v) is 5.59. The number of unbranched alkanes of at least 4 members (excludes halogenated alkanes) is 1. The summed E-state index contributed by atoms with van der Waals surface area (Å²) in [5.41, 5.74) is -0.0704. The van der Waals surface area contributed by atoms with Crippen molar-refractivity contribution in [1.29, 1.82) is 0 Å². The van der Waals surface area contributed by atoms with E-state index in [-0.39, 0.29) is 56.4 Å². The highest BCUT2D eigenvalue weighted by Crippen LogP contribution is 2.40. The fourth-order valence-electron chi connectivity index (χ4n) is 4.00. The van der Waals surface area contributed by atoms with Gasteiger partial charge in [-0.1, -0.05) is 13.3 Å². The van der Waals surface area contributed by atoms with Crippen molar-refractivity contribution < 1.29 is 43.4 Å². The summed E-state index contributed by atoms with van der Waals surface area (Å²) in [4.78, 5) is 48.2. The fourth-order valence-corrected chi connectivity index (χ4v) is 4.00. The number of hydrogen-bond donors (Lipinski definition) is 1. The third kappa shape index (κ3) is 5.41. The number of rotatable bonds is 9. The lowest BCUT2D eigenvalue weighted by Crippen LogP contribution is -2.49. The lowest BCUT2D eigenvalue weighted by atomic mass is 9.91. The largest absolute Gasteiger partial charge is 0.466 e. The van der Waals surface area contributed by atoms with E-state index in [0.717, 1.165) is 16.4 Å². The summed E-state index contributed by atoms with van der Waals surface area (Å²) in [5.74, 6) is -0.733. The Bertz CT molecular complexity index is 953. The van der Waals surface area contributed by atoms with Crippen molar-refractivity contribution in [3.63, 3.8) is 0 Å². The number of carboxylic acid groups (broad SMARTS) is 1. The van der Waals surface area contributed by atoms with E-state index in [9.17, 15) is 29.6 Å². The Kier molecular flexibility index (Phi) is 7.97. The number of nitro groups is 1. The number of amides is 2. The molecule has 1 aromatic rings. The topological polar surface area (TPSA) is 158 Å². The van der Waals surface area contributed by atoms with Crippen molar-refractivity contribution in [3.8, 4) is 11.5 Å². The zero-order valence-electron chi connectivity index (χ0n) is 18.9. The number of nitrogens with zero attached hydrogens (tertiary/aromatic N) is 3. The van der Waals surface area contributed by atoms with Gasteiger partial charge in [0.25, 0.3) is 5.69 Å². The molecule has 34 heavy (non-hydrogen) atoms. The lowest BCUT2D eigenvalue weighted by molar-refractivity contribution is -0.385. The second-order valence-electron chi connectivity index (χ2n) is 7.81. The molecule has 186 valence electrons. The molecule has 0 saturated carbocycles. The first-order chi connectivity index (χ1) is 16.3. The van der Waals surface area contributed by atoms with Crippen LogP contribution in [-0.2, 0) is 20.7 Å². The van der Waals surface area contributed by atoms with Gasteiger partial charge in [-0.25, -0.2) is 19.6 Å². The predicted molar refractivity (Wildman–Crippen MR) is 114 cm³/mol. The highest BCUT2D eigenvalue weighted by molar-refractivity contribution is 5.75. The number of ether oxygens (including phenoxy) is 4. The Morgan fingerprint density at radius 2 is 1.91 bits per heavy atom. The Morgan fingerprint density at radius 1 is 1.21 bits per heavy atom. The molecule has 0 spiro atoms. The van der Waals surface area contributed by atoms with Crippen molar-refractivity contribution in [3.05, 3.63) is 27.8 Å². The molecule has 2 atom stereocenters. The minimum atomic E-state index is -1.41. The maximum atomic E-state index is 12.9. The van der Waals surface area contributed by atoms with Crippen LogP contribution in [0.1, 0.15) is 38.7 Å². The van der Waals surface area contributed by atoms with Gasteiger partial charge in [0.05, 0.1) is 43.2 Å². The summed E-state index contributed by atoms with van der Waals surface area (Å²) >= 11 is 0. The number of hydrogen-bond acceptors (Lipinski definition) is 9. The van der Waals surface area contributed by atoms with Gasteiger partial charge in [-0.05, 0) is 19.4 Å². The van der Waals surface area contributed by atoms with Crippen LogP contribution in [0.2, 0.25) is 0 Å². The van der Waals surface area contributed by atoms with E-state index in [1.165, 1.54) is 12.1 Å². The number of hydrazine groups is 1. The first-order valence-corrected chi connectivity index (χ1v) is 11.0. The molecule has 3 rings (SSSR count). The SMILES string of the molecule is CCCCOC(=O)N1[C@H](Cc2cc3c(cc2[N+](=O)[O-])OCO3)[C@@H](CC(=O)OCC)CN1C(=O)O. The smallest absolute Gasteiger partial charge is 0.429 e. The number of nitro benzene ring substituents is 1. The van der Waals surface area contributed by atoms with Crippen LogP contribution < -0.4 is 9.47 Å². The zero-order valence-corrected chi connectivity index (χ0v) is 18.9. The summed E-state index contributed by atoms with van der Waals surface area (Å²) in [7, 11) is 0. The summed E-state index contributed by atoms with van der Waals surface area (Å²) in [5, 5.41) is 23.2. The average molecular weight is 481 g/mol. The molecule has 2 amide bonds. The molecule has 2 aliphatic heterocycles. The fraction of sp³-hybridized carbons (Fsp3) is 0.571. The van der Waals surface area contributed by atoms with E-state index < -0.39 is 35.0 Å². The number of benzene rings is 1. The third-order valence-electron chi connectivity index (χ3n) is 5.59. The molecule has 0 aromatic heterocycles. The summed E-state index contributed by atoms with van der Waals surface area (Å²) in [6.07, 6.45) is -1.28. The molecule has 2 heterocycles. The van der Waals surface area contributed by atoms with E-state index >= 15 is 0 Å². The first kappa shape index (κ1) is 24.9. The summed E-state index contributed by atoms with van der Waals surface area (Å²) in [6, 6.07) is 1.74. The highest BCUT2D eigenvalue weighted by Gasteiger charge is 2.47. The van der Waals surface area contributed by atoms with Crippen LogP contribution in [0.4, 0.5) is 15.3 Å². The van der Waals surface area contributed by atoms with Crippen LogP contribution in [0.3, 0.4) is 0 Å². The Hall–Kier alpha value is -3.77. The Balaban J connectivity index is 1.98. The molecule has 1 aromatic carbocycles. The molecular weight excluding hydrogens is 454 g/mol. The molecule has 1 N–H and O–H groups in total. The lowest BCUT2D eigenvalue weighted by Gasteiger charge is -2.30. The normalized spacial score (nSPS) is 18.6. The highest BCUT2D eigenvalue weighted by atomic mass is 16.7. The van der Waals surface area contributed by atoms with Gasteiger partial charge in [0, 0.05) is 17.9 Å². The van der Waals surface area contributed by atoms with Gasteiger partial charge < -0.3 is 24.1 Å². The minimum Gasteiger partial charge on any atom is -0.466 e. The molecule has 1 saturated heterocycles. The van der Waals surface area contributed by atoms with Crippen molar-refractivity contribution in [2.75, 3.05) is 26.6 Å². The molecule has 0 aliphatic carbocycles. The molecule has 13 heteroatoms. The minimum absolute atomic E-state index is 0.0821. The average Bonchev–Trinajstić information content (AvgIpc) is 3.38. The Morgan fingerprint density at radius 3 is 2.53 bits per heavy atom. The number of carbonyl (C=O) groups is 3. The number of carbonyl (C=O) groups excluding carboxylic acids is 2. The van der Waals surface area contributed by atoms with Crippen molar-refractivity contribution >= 4 is 23.8 Å². The van der Waals surface area contributed by atoms with Gasteiger partial charge in [-0.15, -0.1) is 0 Å². The van der Waals surface area contributed by atoms with Gasteiger partial charge in [0.2, 0.25) is 6.79 Å².